The molecule has 30 heavy (non-hydrogen) atoms. The summed E-state index contributed by atoms with van der Waals surface area (Å²) in [6.45, 7) is 7.95. The molecule has 6 heteroatoms. The van der Waals surface area contributed by atoms with Crippen LogP contribution in [0.3, 0.4) is 0 Å². The van der Waals surface area contributed by atoms with Gasteiger partial charge in [0.25, 0.3) is 0 Å². The summed E-state index contributed by atoms with van der Waals surface area (Å²) in [4.78, 5) is 10.9. The van der Waals surface area contributed by atoms with Gasteiger partial charge in [0.1, 0.15) is 5.75 Å². The number of carboxylic acids is 1. The monoisotopic (exact) mass is 478 g/mol. The second-order valence-corrected chi connectivity index (χ2v) is 8.64. The average Bonchev–Trinajstić information content (AvgIpc) is 2.64. The van der Waals surface area contributed by atoms with Crippen LogP contribution in [0.25, 0.3) is 0 Å². The lowest BCUT2D eigenvalue weighted by atomic mass is 9.95. The molecule has 0 fully saturated rings. The molecule has 0 atom stereocenters. The van der Waals surface area contributed by atoms with Crippen LogP contribution in [0.1, 0.15) is 57.2 Å². The van der Waals surface area contributed by atoms with E-state index in [1.54, 1.807) is 7.11 Å². The highest BCUT2D eigenvalue weighted by Gasteiger charge is 2.15. The highest BCUT2D eigenvalue weighted by Crippen LogP contribution is 2.36. The van der Waals surface area contributed by atoms with Gasteiger partial charge in [0.05, 0.1) is 19.3 Å². The fourth-order valence-electron chi connectivity index (χ4n) is 3.21. The van der Waals surface area contributed by atoms with Crippen LogP contribution in [0.15, 0.2) is 34.8 Å². The summed E-state index contributed by atoms with van der Waals surface area (Å²) in [5.74, 6) is 1.42. The first-order valence-electron chi connectivity index (χ1n) is 10.2. The largest absolute Gasteiger partial charge is 0.493 e. The predicted molar refractivity (Wildman–Crippen MR) is 122 cm³/mol. The first kappa shape index (κ1) is 24.1. The van der Waals surface area contributed by atoms with Crippen molar-refractivity contribution in [3.05, 3.63) is 51.5 Å². The maximum atomic E-state index is 10.9. The summed E-state index contributed by atoms with van der Waals surface area (Å²) in [6, 6.07) is 9.97. The van der Waals surface area contributed by atoms with E-state index in [4.69, 9.17) is 19.3 Å². The van der Waals surface area contributed by atoms with Crippen LogP contribution in [0.4, 0.5) is 0 Å². The van der Waals surface area contributed by atoms with Gasteiger partial charge in [0.2, 0.25) is 0 Å². The minimum absolute atomic E-state index is 0.0299. The normalized spacial score (nSPS) is 11.1. The Hall–Kier alpha value is -2.21. The van der Waals surface area contributed by atoms with Crippen molar-refractivity contribution < 1.29 is 24.1 Å². The second-order valence-electron chi connectivity index (χ2n) is 7.78. The van der Waals surface area contributed by atoms with Gasteiger partial charge in [-0.05, 0) is 87.9 Å². The summed E-state index contributed by atoms with van der Waals surface area (Å²) in [6.07, 6.45) is 2.22. The van der Waals surface area contributed by atoms with Crippen molar-refractivity contribution in [3.8, 4) is 17.2 Å². The molecule has 0 aliphatic heterocycles. The van der Waals surface area contributed by atoms with Crippen LogP contribution in [0.2, 0.25) is 0 Å². The third-order valence-corrected chi connectivity index (χ3v) is 5.20. The Bertz CT molecular complexity index is 861. The highest BCUT2D eigenvalue weighted by atomic mass is 79.9. The lowest BCUT2D eigenvalue weighted by molar-refractivity contribution is -0.137. The molecule has 0 bridgehead atoms. The van der Waals surface area contributed by atoms with Crippen molar-refractivity contribution in [1.29, 1.82) is 0 Å². The smallest absolute Gasteiger partial charge is 0.303 e. The fraction of sp³-hybridized carbons (Fsp3) is 0.458. The molecule has 0 amide bonds. The molecule has 0 unspecified atom stereocenters. The number of hydrogen-bond acceptors (Lipinski definition) is 4. The van der Waals surface area contributed by atoms with Crippen molar-refractivity contribution in [2.24, 2.45) is 0 Å². The maximum Gasteiger partial charge on any atom is 0.303 e. The first-order valence-corrected chi connectivity index (χ1v) is 11.0. The molecule has 5 nitrogen and oxygen atoms in total. The average molecular weight is 479 g/mol. The van der Waals surface area contributed by atoms with E-state index in [1.807, 2.05) is 52.0 Å². The third kappa shape index (κ3) is 7.24. The fourth-order valence-corrected chi connectivity index (χ4v) is 3.67. The van der Waals surface area contributed by atoms with Crippen molar-refractivity contribution in [2.75, 3.05) is 7.11 Å². The number of aliphatic carboxylic acids is 1. The summed E-state index contributed by atoms with van der Waals surface area (Å²) < 4.78 is 18.2. The number of carboxylic acid groups (broad SMARTS) is 1. The molecule has 0 radical (unpaired) electrons. The van der Waals surface area contributed by atoms with E-state index in [1.165, 1.54) is 0 Å². The molecule has 164 valence electrons. The molecule has 0 saturated carbocycles. The Morgan fingerprint density at radius 3 is 2.27 bits per heavy atom. The summed E-state index contributed by atoms with van der Waals surface area (Å²) in [7, 11) is 1.63. The van der Waals surface area contributed by atoms with Crippen molar-refractivity contribution in [3.63, 3.8) is 0 Å². The van der Waals surface area contributed by atoms with Crippen molar-refractivity contribution in [2.45, 2.75) is 65.6 Å². The van der Waals surface area contributed by atoms with Gasteiger partial charge in [0, 0.05) is 10.9 Å². The van der Waals surface area contributed by atoms with E-state index in [2.05, 4.69) is 22.0 Å². The summed E-state index contributed by atoms with van der Waals surface area (Å²) in [5, 5.41) is 8.98. The Kier molecular flexibility index (Phi) is 9.03. The van der Waals surface area contributed by atoms with Gasteiger partial charge in [0.15, 0.2) is 11.5 Å². The van der Waals surface area contributed by atoms with Crippen molar-refractivity contribution in [1.82, 2.24) is 0 Å². The SMILES string of the molecule is COc1cc(Br)c(Cc2cc(OC(C)C)ccc2CCCC(=O)O)cc1OC(C)C. The quantitative estimate of drug-likeness (QED) is 0.426. The maximum absolute atomic E-state index is 10.9. The molecule has 2 rings (SSSR count). The van der Waals surface area contributed by atoms with Gasteiger partial charge in [-0.25, -0.2) is 0 Å². The van der Waals surface area contributed by atoms with E-state index in [9.17, 15) is 4.79 Å². The second kappa shape index (κ2) is 11.3. The number of ether oxygens (including phenoxy) is 3. The number of methoxy groups -OCH3 is 1. The molecule has 2 aromatic rings. The molecule has 0 heterocycles. The molecule has 0 aliphatic carbocycles. The van der Waals surface area contributed by atoms with Crippen LogP contribution in [-0.2, 0) is 17.6 Å². The van der Waals surface area contributed by atoms with Gasteiger partial charge < -0.3 is 19.3 Å². The Morgan fingerprint density at radius 2 is 1.67 bits per heavy atom. The molecular formula is C24H31BrO5. The van der Waals surface area contributed by atoms with Crippen molar-refractivity contribution >= 4 is 21.9 Å². The van der Waals surface area contributed by atoms with Gasteiger partial charge in [-0.3, -0.25) is 4.79 Å². The number of carbonyl (C=O) groups is 1. The minimum atomic E-state index is -0.773. The third-order valence-electron chi connectivity index (χ3n) is 4.46. The zero-order valence-electron chi connectivity index (χ0n) is 18.3. The van der Waals surface area contributed by atoms with Gasteiger partial charge in [-0.2, -0.15) is 0 Å². The van der Waals surface area contributed by atoms with E-state index in [0.29, 0.717) is 30.8 Å². The molecule has 0 aromatic heterocycles. The van der Waals surface area contributed by atoms with E-state index in [-0.39, 0.29) is 18.6 Å². The van der Waals surface area contributed by atoms with Crippen LogP contribution < -0.4 is 14.2 Å². The zero-order valence-corrected chi connectivity index (χ0v) is 19.9. The van der Waals surface area contributed by atoms with Gasteiger partial charge >= 0.3 is 5.97 Å². The number of halogens is 1. The molecule has 0 saturated heterocycles. The van der Waals surface area contributed by atoms with Crippen LogP contribution in [-0.4, -0.2) is 30.4 Å². The van der Waals surface area contributed by atoms with E-state index in [0.717, 1.165) is 26.9 Å². The first-order chi connectivity index (χ1) is 14.2. The highest BCUT2D eigenvalue weighted by molar-refractivity contribution is 9.10. The van der Waals surface area contributed by atoms with Crippen LogP contribution in [0.5, 0.6) is 17.2 Å². The molecule has 2 aromatic carbocycles. The number of benzene rings is 2. The number of hydrogen-bond donors (Lipinski definition) is 1. The Balaban J connectivity index is 2.38. The number of rotatable bonds is 11. The zero-order chi connectivity index (χ0) is 22.3. The Morgan fingerprint density at radius 1 is 0.967 bits per heavy atom. The minimum Gasteiger partial charge on any atom is -0.493 e. The van der Waals surface area contributed by atoms with Crippen LogP contribution in [0, 0.1) is 0 Å². The summed E-state index contributed by atoms with van der Waals surface area (Å²) in [5.41, 5.74) is 3.30. The molecule has 0 spiro atoms. The van der Waals surface area contributed by atoms with Gasteiger partial charge in [-0.15, -0.1) is 0 Å². The lowest BCUT2D eigenvalue weighted by Crippen LogP contribution is -2.08. The van der Waals surface area contributed by atoms with Gasteiger partial charge in [-0.1, -0.05) is 22.0 Å². The topological polar surface area (TPSA) is 65.0 Å². The summed E-state index contributed by atoms with van der Waals surface area (Å²) >= 11 is 3.66. The lowest BCUT2D eigenvalue weighted by Gasteiger charge is -2.18. The van der Waals surface area contributed by atoms with Crippen LogP contribution >= 0.6 is 15.9 Å². The standard InChI is InChI=1S/C24H31BrO5/c1-15(2)29-20-10-9-17(7-6-8-24(26)27)18(12-20)11-19-13-23(30-16(3)4)22(28-5)14-21(19)25/h9-10,12-16H,6-8,11H2,1-5H3,(H,26,27). The molecular weight excluding hydrogens is 448 g/mol. The number of aryl methyl sites for hydroxylation is 1. The predicted octanol–water partition coefficient (Wildman–Crippen LogP) is 6.03. The molecule has 1 N–H and O–H groups in total. The molecule has 0 aliphatic rings. The Labute approximate surface area is 187 Å². The van der Waals surface area contributed by atoms with E-state index < -0.39 is 5.97 Å². The van der Waals surface area contributed by atoms with E-state index >= 15 is 0 Å².